The van der Waals surface area contributed by atoms with Gasteiger partial charge in [-0.2, -0.15) is 0 Å². The van der Waals surface area contributed by atoms with E-state index in [4.69, 9.17) is 26.2 Å². The van der Waals surface area contributed by atoms with Crippen molar-refractivity contribution in [2.75, 3.05) is 19.6 Å². The van der Waals surface area contributed by atoms with Crippen molar-refractivity contribution >= 4 is 23.5 Å². The Labute approximate surface area is 281 Å². The lowest BCUT2D eigenvalue weighted by atomic mass is 9.84. The maximum Gasteiger partial charge on any atom is 0.303 e. The summed E-state index contributed by atoms with van der Waals surface area (Å²) in [6.45, 7) is 2.58. The first kappa shape index (κ1) is 35.0. The van der Waals surface area contributed by atoms with Gasteiger partial charge in [-0.1, -0.05) is 78.7 Å². The molecule has 2 fully saturated rings. The SMILES string of the molecule is O=C(O)CCCCCC(=O)NCc1ccc(C2OC(CN3CCC(O)(c4ccc(Cl)cc4)CC3)CC(c3ccc(CO)cc3)O2)cc1. The van der Waals surface area contributed by atoms with Crippen LogP contribution in [-0.4, -0.2) is 57.8 Å². The number of piperidine rings is 1. The van der Waals surface area contributed by atoms with Gasteiger partial charge in [0.1, 0.15) is 0 Å². The van der Waals surface area contributed by atoms with Crippen LogP contribution in [0.2, 0.25) is 5.02 Å². The minimum Gasteiger partial charge on any atom is -0.481 e. The number of aliphatic hydroxyl groups excluding tert-OH is 1. The summed E-state index contributed by atoms with van der Waals surface area (Å²) in [5.74, 6) is -0.860. The number of hydrogen-bond donors (Lipinski definition) is 4. The van der Waals surface area contributed by atoms with Crippen LogP contribution in [0.4, 0.5) is 0 Å². The van der Waals surface area contributed by atoms with Crippen LogP contribution in [0.3, 0.4) is 0 Å². The number of amides is 1. The molecule has 2 heterocycles. The number of hydrogen-bond acceptors (Lipinski definition) is 7. The molecule has 3 unspecified atom stereocenters. The highest BCUT2D eigenvalue weighted by Gasteiger charge is 2.37. The molecule has 0 saturated carbocycles. The predicted molar refractivity (Wildman–Crippen MR) is 178 cm³/mol. The molecule has 0 spiro atoms. The maximum atomic E-state index is 12.3. The Hall–Kier alpha value is -3.31. The van der Waals surface area contributed by atoms with Gasteiger partial charge in [-0.3, -0.25) is 9.59 Å². The van der Waals surface area contributed by atoms with Crippen LogP contribution >= 0.6 is 11.6 Å². The van der Waals surface area contributed by atoms with Crippen molar-refractivity contribution in [1.82, 2.24) is 10.2 Å². The van der Waals surface area contributed by atoms with Crippen molar-refractivity contribution < 1.29 is 34.4 Å². The number of carboxylic acids is 1. The summed E-state index contributed by atoms with van der Waals surface area (Å²) in [6, 6.07) is 23.2. The second-order valence-corrected chi connectivity index (χ2v) is 13.1. The van der Waals surface area contributed by atoms with Gasteiger partial charge in [-0.05, 0) is 60.1 Å². The number of carboxylic acid groups (broad SMARTS) is 1. The van der Waals surface area contributed by atoms with E-state index < -0.39 is 17.9 Å². The third kappa shape index (κ3) is 10.1. The molecule has 2 saturated heterocycles. The summed E-state index contributed by atoms with van der Waals surface area (Å²) >= 11 is 6.06. The number of rotatable bonds is 14. The van der Waals surface area contributed by atoms with Crippen molar-refractivity contribution in [2.45, 2.75) is 88.6 Å². The lowest BCUT2D eigenvalue weighted by molar-refractivity contribution is -0.253. The first-order chi connectivity index (χ1) is 22.7. The van der Waals surface area contributed by atoms with Crippen LogP contribution in [0.5, 0.6) is 0 Å². The fourth-order valence-electron chi connectivity index (χ4n) is 6.30. The van der Waals surface area contributed by atoms with Crippen molar-refractivity contribution in [3.05, 3.63) is 106 Å². The average Bonchev–Trinajstić information content (AvgIpc) is 3.08. The first-order valence-corrected chi connectivity index (χ1v) is 16.9. The number of nitrogens with one attached hydrogen (secondary N) is 1. The molecule has 0 aromatic heterocycles. The van der Waals surface area contributed by atoms with Crippen molar-refractivity contribution in [3.63, 3.8) is 0 Å². The number of unbranched alkanes of at least 4 members (excludes halogenated alkanes) is 2. The fourth-order valence-corrected chi connectivity index (χ4v) is 6.42. The second kappa shape index (κ2) is 16.7. The molecule has 1 amide bonds. The Balaban J connectivity index is 1.19. The highest BCUT2D eigenvalue weighted by atomic mass is 35.5. The molecule has 5 rings (SSSR count). The smallest absolute Gasteiger partial charge is 0.303 e. The molecule has 3 aromatic rings. The highest BCUT2D eigenvalue weighted by molar-refractivity contribution is 6.30. The maximum absolute atomic E-state index is 12.3. The molecule has 3 aromatic carbocycles. The van der Waals surface area contributed by atoms with Crippen LogP contribution in [-0.2, 0) is 37.8 Å². The van der Waals surface area contributed by atoms with E-state index in [2.05, 4.69) is 10.2 Å². The largest absolute Gasteiger partial charge is 0.481 e. The van der Waals surface area contributed by atoms with Gasteiger partial charge in [-0.25, -0.2) is 0 Å². The lowest BCUT2D eigenvalue weighted by Gasteiger charge is -2.42. The summed E-state index contributed by atoms with van der Waals surface area (Å²) in [5.41, 5.74) is 3.73. The number of nitrogens with zero attached hydrogens (tertiary/aromatic N) is 1. The molecule has 10 heteroatoms. The van der Waals surface area contributed by atoms with E-state index in [-0.39, 0.29) is 31.1 Å². The Morgan fingerprint density at radius 2 is 1.49 bits per heavy atom. The van der Waals surface area contributed by atoms with Gasteiger partial charge < -0.3 is 35.0 Å². The van der Waals surface area contributed by atoms with Gasteiger partial charge in [0, 0.05) is 56.0 Å². The molecular formula is C37H45ClN2O7. The molecule has 0 aliphatic carbocycles. The molecule has 47 heavy (non-hydrogen) atoms. The number of ether oxygens (including phenoxy) is 2. The normalized spacial score (nSPS) is 21.3. The molecule has 252 valence electrons. The minimum absolute atomic E-state index is 0.0168. The van der Waals surface area contributed by atoms with E-state index in [1.165, 1.54) is 0 Å². The van der Waals surface area contributed by atoms with Crippen LogP contribution in [0.25, 0.3) is 0 Å². The summed E-state index contributed by atoms with van der Waals surface area (Å²) < 4.78 is 13.1. The standard InChI is InChI=1S/C37H45ClN2O7/c38-31-16-14-30(15-17-31)37(45)18-20-40(21-19-37)24-32-22-33(28-10-8-27(25-41)9-11-28)47-36(46-32)29-12-6-26(7-13-29)23-39-34(42)4-2-1-3-5-35(43)44/h6-17,32-33,36,41,45H,1-5,18-25H2,(H,39,42)(H,43,44). The molecular weight excluding hydrogens is 620 g/mol. The number of carbonyl (C=O) groups is 2. The molecule has 4 N–H and O–H groups in total. The Morgan fingerprint density at radius 1 is 0.851 bits per heavy atom. The Morgan fingerprint density at radius 3 is 2.15 bits per heavy atom. The highest BCUT2D eigenvalue weighted by Crippen LogP contribution is 2.39. The van der Waals surface area contributed by atoms with Crippen molar-refractivity contribution in [3.8, 4) is 0 Å². The number of halogens is 1. The van der Waals surface area contributed by atoms with Crippen molar-refractivity contribution in [2.24, 2.45) is 0 Å². The number of likely N-dealkylation sites (tertiary alicyclic amines) is 1. The number of benzene rings is 3. The summed E-state index contributed by atoms with van der Waals surface area (Å²) in [7, 11) is 0. The number of carbonyl (C=O) groups excluding carboxylic acids is 1. The third-order valence-corrected chi connectivity index (χ3v) is 9.43. The zero-order valence-electron chi connectivity index (χ0n) is 26.7. The Bertz CT molecular complexity index is 1440. The van der Waals surface area contributed by atoms with Crippen LogP contribution in [0, 0.1) is 0 Å². The van der Waals surface area contributed by atoms with Gasteiger partial charge >= 0.3 is 5.97 Å². The monoisotopic (exact) mass is 664 g/mol. The Kier molecular flexibility index (Phi) is 12.4. The summed E-state index contributed by atoms with van der Waals surface area (Å²) in [6.07, 6.45) is 3.50. The average molecular weight is 665 g/mol. The van der Waals surface area contributed by atoms with Crippen LogP contribution in [0.1, 0.15) is 91.6 Å². The van der Waals surface area contributed by atoms with E-state index in [1.807, 2.05) is 72.8 Å². The molecule has 2 aliphatic heterocycles. The van der Waals surface area contributed by atoms with Gasteiger partial charge in [0.05, 0.1) is 24.4 Å². The van der Waals surface area contributed by atoms with Gasteiger partial charge in [0.2, 0.25) is 5.91 Å². The zero-order chi connectivity index (χ0) is 33.2. The molecule has 0 radical (unpaired) electrons. The lowest BCUT2D eigenvalue weighted by Crippen LogP contribution is -2.46. The molecule has 9 nitrogen and oxygen atoms in total. The van der Waals surface area contributed by atoms with E-state index in [1.54, 1.807) is 0 Å². The third-order valence-electron chi connectivity index (χ3n) is 9.18. The fraction of sp³-hybridized carbons (Fsp3) is 0.459. The molecule has 2 aliphatic rings. The second-order valence-electron chi connectivity index (χ2n) is 12.7. The summed E-state index contributed by atoms with van der Waals surface area (Å²) in [5, 5.41) is 33.2. The molecule has 3 atom stereocenters. The molecule has 0 bridgehead atoms. The quantitative estimate of drug-likeness (QED) is 0.154. The number of aliphatic carboxylic acids is 1. The van der Waals surface area contributed by atoms with E-state index >= 15 is 0 Å². The summed E-state index contributed by atoms with van der Waals surface area (Å²) in [4.78, 5) is 25.2. The first-order valence-electron chi connectivity index (χ1n) is 16.5. The van der Waals surface area contributed by atoms with Gasteiger partial charge in [-0.15, -0.1) is 0 Å². The van der Waals surface area contributed by atoms with Gasteiger partial charge in [0.15, 0.2) is 6.29 Å². The van der Waals surface area contributed by atoms with E-state index in [0.717, 1.165) is 40.9 Å². The van der Waals surface area contributed by atoms with E-state index in [0.29, 0.717) is 63.1 Å². The van der Waals surface area contributed by atoms with Crippen LogP contribution in [0.15, 0.2) is 72.8 Å². The topological polar surface area (TPSA) is 129 Å². The predicted octanol–water partition coefficient (Wildman–Crippen LogP) is 6.01. The zero-order valence-corrected chi connectivity index (χ0v) is 27.4. The van der Waals surface area contributed by atoms with Gasteiger partial charge in [0.25, 0.3) is 0 Å². The number of aliphatic hydroxyl groups is 2. The van der Waals surface area contributed by atoms with Crippen LogP contribution < -0.4 is 5.32 Å². The minimum atomic E-state index is -0.875. The van der Waals surface area contributed by atoms with Crippen molar-refractivity contribution in [1.29, 1.82) is 0 Å². The van der Waals surface area contributed by atoms with E-state index in [9.17, 15) is 19.8 Å².